The highest BCUT2D eigenvalue weighted by Gasteiger charge is 2.37. The molecule has 1 aromatic heterocycles. The summed E-state index contributed by atoms with van der Waals surface area (Å²) >= 11 is 3.31. The van der Waals surface area contributed by atoms with Crippen LogP contribution in [0.1, 0.15) is 26.2 Å². The summed E-state index contributed by atoms with van der Waals surface area (Å²) < 4.78 is 24.2. The van der Waals surface area contributed by atoms with E-state index in [2.05, 4.69) is 26.0 Å². The van der Waals surface area contributed by atoms with Crippen LogP contribution in [0.15, 0.2) is 27.9 Å². The fourth-order valence-corrected chi connectivity index (χ4v) is 5.00. The van der Waals surface area contributed by atoms with Crippen LogP contribution in [0.25, 0.3) is 0 Å². The first-order chi connectivity index (χ1) is 12.3. The Bertz CT molecular complexity index is 854. The molecule has 1 fully saturated rings. The number of hydrazone groups is 1. The number of rotatable bonds is 4. The van der Waals surface area contributed by atoms with Crippen LogP contribution in [0.5, 0.6) is 0 Å². The summed E-state index contributed by atoms with van der Waals surface area (Å²) in [6, 6.07) is 3.03. The lowest BCUT2D eigenvalue weighted by molar-refractivity contribution is -0.133. The minimum absolute atomic E-state index is 0.0458. The molecule has 0 aromatic carbocycles. The van der Waals surface area contributed by atoms with E-state index >= 15 is 0 Å². The average Bonchev–Trinajstić information content (AvgIpc) is 2.97. The molecule has 2 amide bonds. The molecule has 1 unspecified atom stereocenters. The van der Waals surface area contributed by atoms with Gasteiger partial charge in [-0.05, 0) is 41.4 Å². The summed E-state index contributed by atoms with van der Waals surface area (Å²) in [6.07, 6.45) is 2.34. The van der Waals surface area contributed by atoms with Crippen LogP contribution in [0.2, 0.25) is 0 Å². The lowest BCUT2D eigenvalue weighted by Gasteiger charge is -2.29. The second kappa shape index (κ2) is 7.43. The normalized spacial score (nSPS) is 22.2. The molecule has 0 radical (unpaired) electrons. The number of sulfone groups is 1. The number of aromatic nitrogens is 1. The predicted molar refractivity (Wildman–Crippen MR) is 101 cm³/mol. The van der Waals surface area contributed by atoms with Crippen LogP contribution < -0.4 is 4.90 Å². The van der Waals surface area contributed by atoms with Crippen molar-refractivity contribution in [2.75, 3.05) is 23.0 Å². The monoisotopic (exact) mass is 442 g/mol. The third kappa shape index (κ3) is 3.96. The van der Waals surface area contributed by atoms with Gasteiger partial charge in [-0.2, -0.15) is 5.10 Å². The molecular formula is C16H19BrN4O4S. The van der Waals surface area contributed by atoms with E-state index in [0.29, 0.717) is 18.8 Å². The van der Waals surface area contributed by atoms with Gasteiger partial charge >= 0.3 is 0 Å². The summed E-state index contributed by atoms with van der Waals surface area (Å²) in [7, 11) is -3.15. The maximum absolute atomic E-state index is 12.9. The van der Waals surface area contributed by atoms with Crippen molar-refractivity contribution in [1.29, 1.82) is 0 Å². The van der Waals surface area contributed by atoms with Crippen molar-refractivity contribution < 1.29 is 18.0 Å². The van der Waals surface area contributed by atoms with Crippen LogP contribution in [0.3, 0.4) is 0 Å². The Hall–Kier alpha value is -1.81. The third-order valence-electron chi connectivity index (χ3n) is 4.41. The lowest BCUT2D eigenvalue weighted by atomic mass is 10.1. The van der Waals surface area contributed by atoms with Gasteiger partial charge in [0.05, 0.1) is 17.5 Å². The van der Waals surface area contributed by atoms with Gasteiger partial charge in [0, 0.05) is 30.1 Å². The summed E-state index contributed by atoms with van der Waals surface area (Å²) in [5.41, 5.74) is 0.250. The zero-order valence-corrected chi connectivity index (χ0v) is 16.7. The molecule has 0 N–H and O–H groups in total. The van der Waals surface area contributed by atoms with Gasteiger partial charge in [0.15, 0.2) is 9.84 Å². The first-order valence-electron chi connectivity index (χ1n) is 8.34. The number of amides is 2. The van der Waals surface area contributed by atoms with Gasteiger partial charge in [-0.3, -0.25) is 14.5 Å². The van der Waals surface area contributed by atoms with E-state index in [1.165, 1.54) is 9.91 Å². The fourth-order valence-electron chi connectivity index (χ4n) is 3.07. The fraction of sp³-hybridized carbons (Fsp3) is 0.500. The van der Waals surface area contributed by atoms with Crippen molar-refractivity contribution in [3.63, 3.8) is 0 Å². The SMILES string of the molecule is CCN(C(=O)C1=NN(C2CCS(=O)(=O)C2)C(=O)CC1)c1ccc(Br)cn1. The second-order valence-corrected chi connectivity index (χ2v) is 9.37. The highest BCUT2D eigenvalue weighted by Crippen LogP contribution is 2.23. The first kappa shape index (κ1) is 19.0. The van der Waals surface area contributed by atoms with Crippen LogP contribution in [-0.4, -0.2) is 60.0 Å². The quantitative estimate of drug-likeness (QED) is 0.700. The van der Waals surface area contributed by atoms with E-state index in [4.69, 9.17) is 0 Å². The Morgan fingerprint density at radius 2 is 2.15 bits per heavy atom. The maximum Gasteiger partial charge on any atom is 0.275 e. The number of halogens is 1. The highest BCUT2D eigenvalue weighted by atomic mass is 79.9. The van der Waals surface area contributed by atoms with Crippen molar-refractivity contribution in [1.82, 2.24) is 9.99 Å². The van der Waals surface area contributed by atoms with Crippen LogP contribution in [-0.2, 0) is 19.4 Å². The number of carbonyl (C=O) groups excluding carboxylic acids is 2. The largest absolute Gasteiger partial charge is 0.292 e. The van der Waals surface area contributed by atoms with Gasteiger partial charge in [0.25, 0.3) is 5.91 Å². The molecular weight excluding hydrogens is 424 g/mol. The van der Waals surface area contributed by atoms with Crippen molar-refractivity contribution in [2.45, 2.75) is 32.2 Å². The van der Waals surface area contributed by atoms with Gasteiger partial charge in [-0.15, -0.1) is 0 Å². The van der Waals surface area contributed by atoms with E-state index in [1.54, 1.807) is 18.3 Å². The number of anilines is 1. The average molecular weight is 443 g/mol. The van der Waals surface area contributed by atoms with E-state index in [0.717, 1.165) is 4.47 Å². The van der Waals surface area contributed by atoms with Gasteiger partial charge in [-0.1, -0.05) is 0 Å². The Morgan fingerprint density at radius 3 is 2.73 bits per heavy atom. The first-order valence-corrected chi connectivity index (χ1v) is 11.0. The maximum atomic E-state index is 12.9. The predicted octanol–water partition coefficient (Wildman–Crippen LogP) is 1.36. The van der Waals surface area contributed by atoms with Crippen LogP contribution >= 0.6 is 15.9 Å². The van der Waals surface area contributed by atoms with Crippen LogP contribution in [0.4, 0.5) is 5.82 Å². The van der Waals surface area contributed by atoms with Gasteiger partial charge < -0.3 is 0 Å². The number of carbonyl (C=O) groups is 2. The van der Waals surface area contributed by atoms with Crippen molar-refractivity contribution >= 4 is 49.1 Å². The summed E-state index contributed by atoms with van der Waals surface area (Å²) in [5.74, 6) is -0.121. The minimum Gasteiger partial charge on any atom is -0.292 e. The van der Waals surface area contributed by atoms with E-state index < -0.39 is 15.9 Å². The van der Waals surface area contributed by atoms with Crippen molar-refractivity contribution in [3.05, 3.63) is 22.8 Å². The summed E-state index contributed by atoms with van der Waals surface area (Å²) in [5, 5.41) is 5.43. The van der Waals surface area contributed by atoms with E-state index in [9.17, 15) is 18.0 Å². The zero-order chi connectivity index (χ0) is 18.9. The Kier molecular flexibility index (Phi) is 5.42. The molecule has 1 saturated heterocycles. The Labute approximate surface area is 160 Å². The molecule has 10 heteroatoms. The van der Waals surface area contributed by atoms with Crippen LogP contribution in [0, 0.1) is 0 Å². The standard InChI is InChI=1S/C16H19BrN4O4S/c1-2-20(14-5-3-11(17)9-18-14)16(23)13-4-6-15(22)21(19-13)12-7-8-26(24,25)10-12/h3,5,9,12H,2,4,6-8,10H2,1H3. The van der Waals surface area contributed by atoms with Crippen molar-refractivity contribution in [3.8, 4) is 0 Å². The van der Waals surface area contributed by atoms with E-state index in [1.807, 2.05) is 6.92 Å². The lowest BCUT2D eigenvalue weighted by Crippen LogP contribution is -2.45. The van der Waals surface area contributed by atoms with Gasteiger partial charge in [0.2, 0.25) is 5.91 Å². The van der Waals surface area contributed by atoms with E-state index in [-0.39, 0.29) is 41.9 Å². The molecule has 3 heterocycles. The zero-order valence-electron chi connectivity index (χ0n) is 14.3. The van der Waals surface area contributed by atoms with Crippen molar-refractivity contribution in [2.24, 2.45) is 5.10 Å². The topological polar surface area (TPSA) is 100 Å². The Balaban J connectivity index is 1.84. The molecule has 140 valence electrons. The molecule has 0 aliphatic carbocycles. The molecule has 0 spiro atoms. The second-order valence-electron chi connectivity index (χ2n) is 6.23. The molecule has 0 saturated carbocycles. The summed E-state index contributed by atoms with van der Waals surface area (Å²) in [6.45, 7) is 2.23. The number of nitrogens with zero attached hydrogens (tertiary/aromatic N) is 4. The molecule has 1 atom stereocenters. The van der Waals surface area contributed by atoms with Gasteiger partial charge in [0.1, 0.15) is 11.5 Å². The number of hydrogen-bond donors (Lipinski definition) is 0. The van der Waals surface area contributed by atoms with Gasteiger partial charge in [-0.25, -0.2) is 18.4 Å². The molecule has 1 aromatic rings. The summed E-state index contributed by atoms with van der Waals surface area (Å²) in [4.78, 5) is 30.8. The smallest absolute Gasteiger partial charge is 0.275 e. The highest BCUT2D eigenvalue weighted by molar-refractivity contribution is 9.10. The minimum atomic E-state index is -3.15. The Morgan fingerprint density at radius 1 is 1.38 bits per heavy atom. The molecule has 0 bridgehead atoms. The molecule has 3 rings (SSSR count). The molecule has 8 nitrogen and oxygen atoms in total. The number of hydrogen-bond acceptors (Lipinski definition) is 6. The molecule has 2 aliphatic heterocycles. The molecule has 26 heavy (non-hydrogen) atoms. The number of pyridine rings is 1. The molecule has 2 aliphatic rings. The third-order valence-corrected chi connectivity index (χ3v) is 6.63.